The van der Waals surface area contributed by atoms with E-state index in [9.17, 15) is 0 Å². The van der Waals surface area contributed by atoms with Crippen LogP contribution in [-0.4, -0.2) is 18.7 Å². The molecule has 0 radical (unpaired) electrons. The van der Waals surface area contributed by atoms with Crippen molar-refractivity contribution in [3.63, 3.8) is 0 Å². The second-order valence-corrected chi connectivity index (χ2v) is 17.2. The van der Waals surface area contributed by atoms with Crippen molar-refractivity contribution < 1.29 is 0 Å². The monoisotopic (exact) mass is 585 g/mol. The van der Waals surface area contributed by atoms with Gasteiger partial charge in [-0.3, -0.25) is 0 Å². The van der Waals surface area contributed by atoms with Crippen LogP contribution in [0, 0.1) is 0 Å². The van der Waals surface area contributed by atoms with Crippen molar-refractivity contribution in [2.24, 2.45) is 0 Å². The molecule has 3 aliphatic rings. The lowest BCUT2D eigenvalue weighted by Crippen LogP contribution is -2.59. The number of hydrogen-bond acceptors (Lipinski definition) is 2. The van der Waals surface area contributed by atoms with Gasteiger partial charge in [-0.1, -0.05) is 107 Å². The molecule has 0 aliphatic carbocycles. The number of hydrogen-bond donors (Lipinski definition) is 0. The van der Waals surface area contributed by atoms with E-state index in [1.54, 1.807) is 4.43 Å². The van der Waals surface area contributed by atoms with Crippen molar-refractivity contribution in [3.8, 4) is 5.69 Å². The van der Waals surface area contributed by atoms with Gasteiger partial charge in [0.15, 0.2) is 0 Å². The zero-order chi connectivity index (χ0) is 30.1. The van der Waals surface area contributed by atoms with E-state index in [0.717, 1.165) is 0 Å². The first kappa shape index (κ1) is 26.2. The van der Waals surface area contributed by atoms with Gasteiger partial charge >= 0.3 is 14.1 Å². The van der Waals surface area contributed by atoms with Gasteiger partial charge in [0.2, 0.25) is 0 Å². The van der Waals surface area contributed by atoms with Crippen molar-refractivity contribution in [1.82, 2.24) is 4.57 Å². The summed E-state index contributed by atoms with van der Waals surface area (Å²) in [5, 5.41) is 1.34. The Kier molecular flexibility index (Phi) is 5.18. The number of aromatic nitrogens is 1. The van der Waals surface area contributed by atoms with Gasteiger partial charge < -0.3 is 14.4 Å². The van der Waals surface area contributed by atoms with E-state index in [4.69, 9.17) is 0 Å². The quantitative estimate of drug-likeness (QED) is 0.188. The zero-order valence-electron chi connectivity index (χ0n) is 26.3. The van der Waals surface area contributed by atoms with E-state index in [1.165, 1.54) is 70.8 Å². The fourth-order valence-corrected chi connectivity index (χ4v) is 12.1. The Bertz CT molecular complexity index is 2140. The van der Waals surface area contributed by atoms with Crippen LogP contribution in [0.25, 0.3) is 16.6 Å². The molecule has 44 heavy (non-hydrogen) atoms. The Morgan fingerprint density at radius 2 is 1.14 bits per heavy atom. The molecule has 4 heteroatoms. The Balaban J connectivity index is 1.44. The summed E-state index contributed by atoms with van der Waals surface area (Å²) in [6.45, 7) is 14.0. The van der Waals surface area contributed by atoms with Crippen LogP contribution in [0.5, 0.6) is 0 Å². The van der Waals surface area contributed by atoms with Gasteiger partial charge in [0, 0.05) is 39.5 Å². The van der Waals surface area contributed by atoms with Crippen molar-refractivity contribution in [1.29, 1.82) is 0 Å². The lowest BCUT2D eigenvalue weighted by Gasteiger charge is -2.41. The third-order valence-electron chi connectivity index (χ3n) is 9.97. The minimum absolute atomic E-state index is 0.00259. The smallest absolute Gasteiger partial charge is 0.328 e. The fourth-order valence-electron chi connectivity index (χ4n) is 8.04. The number of para-hydroxylation sites is 2. The van der Waals surface area contributed by atoms with Crippen LogP contribution in [0.3, 0.4) is 0 Å². The predicted molar refractivity (Wildman–Crippen MR) is 188 cm³/mol. The van der Waals surface area contributed by atoms with E-state index >= 15 is 0 Å². The second kappa shape index (κ2) is 8.69. The maximum atomic E-state index is 2.68. The molecular formula is C40H36AlN3. The first-order chi connectivity index (χ1) is 21.1. The molecular weight excluding hydrogens is 549 g/mol. The summed E-state index contributed by atoms with van der Waals surface area (Å²) in [6.07, 6.45) is 0. The van der Waals surface area contributed by atoms with Gasteiger partial charge in [0.25, 0.3) is 0 Å². The van der Waals surface area contributed by atoms with Crippen molar-refractivity contribution in [3.05, 3.63) is 120 Å². The van der Waals surface area contributed by atoms with Gasteiger partial charge in [-0.25, -0.2) is 0 Å². The summed E-state index contributed by atoms with van der Waals surface area (Å²) in [6, 6.07) is 41.2. The molecule has 214 valence electrons. The normalized spacial score (nSPS) is 14.5. The number of rotatable bonds is 2. The molecule has 0 spiro atoms. The summed E-state index contributed by atoms with van der Waals surface area (Å²) in [4.78, 5) is 5.12. The van der Waals surface area contributed by atoms with Gasteiger partial charge in [-0.2, -0.15) is 0 Å². The van der Waals surface area contributed by atoms with Crippen LogP contribution >= 0.6 is 0 Å². The van der Waals surface area contributed by atoms with E-state index < -0.39 is 14.1 Å². The van der Waals surface area contributed by atoms with Crippen LogP contribution in [0.2, 0.25) is 0 Å². The van der Waals surface area contributed by atoms with Crippen LogP contribution in [0.1, 0.15) is 52.7 Å². The molecule has 3 aliphatic heterocycles. The summed E-state index contributed by atoms with van der Waals surface area (Å²) < 4.78 is 7.32. The maximum absolute atomic E-state index is 2.68. The second-order valence-electron chi connectivity index (χ2n) is 14.7. The molecule has 0 saturated heterocycles. The molecule has 0 unspecified atom stereocenters. The summed E-state index contributed by atoms with van der Waals surface area (Å²) in [5.74, 6) is 0. The van der Waals surface area contributed by atoms with Crippen LogP contribution < -0.4 is 23.2 Å². The van der Waals surface area contributed by atoms with Gasteiger partial charge in [-0.15, -0.1) is 0 Å². The van der Waals surface area contributed by atoms with E-state index in [1.807, 2.05) is 0 Å². The first-order valence-electron chi connectivity index (χ1n) is 15.8. The SMILES string of the molecule is CC(C)(C)c1ccc(N2c3cccc4[c]3[Al]3[c]5c2ccc(C(C)(C)C)c5-n2[c]3c(c3ccccc32)N4c2ccccc2)cc1. The fraction of sp³-hybridized carbons (Fsp3) is 0.200. The first-order valence-corrected chi connectivity index (χ1v) is 17.6. The number of nitrogens with zero attached hydrogens (tertiary/aromatic N) is 3. The van der Waals surface area contributed by atoms with Crippen LogP contribution in [0.4, 0.5) is 34.1 Å². The van der Waals surface area contributed by atoms with E-state index in [0.29, 0.717) is 0 Å². The largest absolute Gasteiger partial charge is 0.425 e. The highest BCUT2D eigenvalue weighted by atomic mass is 27.2. The lowest BCUT2D eigenvalue weighted by atomic mass is 9.85. The Hall–Kier alpha value is -4.23. The number of anilines is 6. The van der Waals surface area contributed by atoms with E-state index in [2.05, 4.69) is 165 Å². The highest BCUT2D eigenvalue weighted by Gasteiger charge is 2.53. The molecule has 0 bridgehead atoms. The third-order valence-corrected chi connectivity index (χ3v) is 13.4. The molecule has 5 aromatic carbocycles. The summed E-state index contributed by atoms with van der Waals surface area (Å²) in [5.41, 5.74) is 13.5. The average Bonchev–Trinajstić information content (AvgIpc) is 3.53. The van der Waals surface area contributed by atoms with Gasteiger partial charge in [0.1, 0.15) is 0 Å². The molecule has 4 heterocycles. The highest BCUT2D eigenvalue weighted by molar-refractivity contribution is 7.02. The molecule has 1 aromatic heterocycles. The van der Waals surface area contributed by atoms with Crippen molar-refractivity contribution in [2.45, 2.75) is 52.4 Å². The predicted octanol–water partition coefficient (Wildman–Crippen LogP) is 8.62. The maximum Gasteiger partial charge on any atom is 0.425 e. The van der Waals surface area contributed by atoms with Gasteiger partial charge in [0.05, 0.1) is 11.2 Å². The Labute approximate surface area is 264 Å². The average molecular weight is 586 g/mol. The molecule has 3 nitrogen and oxygen atoms in total. The molecule has 6 aromatic rings. The third kappa shape index (κ3) is 3.33. The Morgan fingerprint density at radius 1 is 0.500 bits per heavy atom. The van der Waals surface area contributed by atoms with Crippen LogP contribution in [0.15, 0.2) is 109 Å². The van der Waals surface area contributed by atoms with Gasteiger partial charge in [-0.05, 0) is 79.5 Å². The summed E-state index contributed by atoms with van der Waals surface area (Å²) >= 11 is -1.83. The topological polar surface area (TPSA) is 11.4 Å². The molecule has 9 rings (SSSR count). The Morgan fingerprint density at radius 3 is 1.84 bits per heavy atom. The number of fused-ring (bicyclic) bond motifs is 4. The molecule has 0 fully saturated rings. The molecule has 0 atom stereocenters. The molecule has 0 N–H and O–H groups in total. The zero-order valence-corrected chi connectivity index (χ0v) is 27.5. The standard InChI is InChI=1S/C40H36N3.Al/c1-39(2,3)28-19-21-30(22-20-28)42-31-15-12-16-32(25-31)43(29-13-8-7-9-14-29)38-27-41(36-18-11-10-17-34(36)38)37-26-33(42)23-24-35(37)40(4,5)6;/h7-24H,1-6H3;. The number of benzene rings is 5. The summed E-state index contributed by atoms with van der Waals surface area (Å²) in [7, 11) is 0. The minimum Gasteiger partial charge on any atom is -0.328 e. The molecule has 0 saturated carbocycles. The minimum atomic E-state index is -1.83. The van der Waals surface area contributed by atoms with Crippen LogP contribution in [-0.2, 0) is 10.8 Å². The lowest BCUT2D eigenvalue weighted by molar-refractivity contribution is 0.588. The van der Waals surface area contributed by atoms with E-state index in [-0.39, 0.29) is 10.8 Å². The van der Waals surface area contributed by atoms with Crippen molar-refractivity contribution >= 4 is 72.6 Å². The molecule has 0 amide bonds. The van der Waals surface area contributed by atoms with Crippen molar-refractivity contribution in [2.75, 3.05) is 9.80 Å². The highest BCUT2D eigenvalue weighted by Crippen LogP contribution is 2.50.